The molecule has 2 aliphatic heterocycles. The van der Waals surface area contributed by atoms with Crippen molar-refractivity contribution in [3.63, 3.8) is 0 Å². The summed E-state index contributed by atoms with van der Waals surface area (Å²) < 4.78 is 6.08. The molecule has 2 heterocycles. The second kappa shape index (κ2) is 7.75. The van der Waals surface area contributed by atoms with Gasteiger partial charge in [-0.2, -0.15) is 0 Å². The summed E-state index contributed by atoms with van der Waals surface area (Å²) in [6, 6.07) is 6.25. The molecular weight excluding hydrogens is 324 g/mol. The smallest absolute Gasteiger partial charge is 0.263 e. The second-order valence-corrected chi connectivity index (χ2v) is 7.38. The van der Waals surface area contributed by atoms with Crippen molar-refractivity contribution in [1.29, 1.82) is 0 Å². The zero-order valence-corrected chi connectivity index (χ0v) is 15.9. The molecule has 2 aliphatic rings. The van der Waals surface area contributed by atoms with E-state index in [2.05, 4.69) is 38.2 Å². The molecule has 3 rings (SSSR count). The van der Waals surface area contributed by atoms with Crippen molar-refractivity contribution in [2.45, 2.75) is 39.7 Å². The number of rotatable bonds is 4. The van der Waals surface area contributed by atoms with Crippen LogP contribution in [0, 0.1) is 18.8 Å². The minimum atomic E-state index is -0.430. The summed E-state index contributed by atoms with van der Waals surface area (Å²) in [5.41, 5.74) is 2.32. The molecule has 1 unspecified atom stereocenters. The number of benzene rings is 1. The third-order valence-electron chi connectivity index (χ3n) is 5.14. The lowest BCUT2D eigenvalue weighted by Crippen LogP contribution is -2.40. The van der Waals surface area contributed by atoms with Crippen LogP contribution in [-0.2, 0) is 4.79 Å². The molecule has 3 atom stereocenters. The van der Waals surface area contributed by atoms with Crippen LogP contribution in [0.2, 0.25) is 0 Å². The Morgan fingerprint density at radius 2 is 1.83 bits per heavy atom. The van der Waals surface area contributed by atoms with Crippen molar-refractivity contribution in [3.8, 4) is 5.75 Å². The third-order valence-corrected chi connectivity index (χ3v) is 5.14. The molecule has 5 heteroatoms. The zero-order valence-electron chi connectivity index (χ0n) is 15.0. The Morgan fingerprint density at radius 1 is 1.21 bits per heavy atom. The summed E-state index contributed by atoms with van der Waals surface area (Å²) in [7, 11) is 0. The third kappa shape index (κ3) is 3.86. The van der Waals surface area contributed by atoms with Gasteiger partial charge in [-0.15, -0.1) is 12.4 Å². The number of nitrogens with one attached hydrogen (secondary N) is 1. The maximum Gasteiger partial charge on any atom is 0.263 e. The number of fused-ring (bicyclic) bond motifs is 1. The molecule has 1 aromatic rings. The summed E-state index contributed by atoms with van der Waals surface area (Å²) in [5, 5.41) is 3.41. The summed E-state index contributed by atoms with van der Waals surface area (Å²) in [6.45, 7) is 12.1. The van der Waals surface area contributed by atoms with E-state index in [1.807, 2.05) is 17.9 Å². The molecule has 1 N–H and O–H groups in total. The van der Waals surface area contributed by atoms with E-state index in [1.165, 1.54) is 0 Å². The number of carbonyl (C=O) groups is 1. The van der Waals surface area contributed by atoms with E-state index >= 15 is 0 Å². The number of halogens is 1. The Morgan fingerprint density at radius 3 is 2.42 bits per heavy atom. The van der Waals surface area contributed by atoms with Crippen molar-refractivity contribution in [1.82, 2.24) is 10.2 Å². The Labute approximate surface area is 151 Å². The van der Waals surface area contributed by atoms with Crippen molar-refractivity contribution < 1.29 is 9.53 Å². The highest BCUT2D eigenvalue weighted by Crippen LogP contribution is 2.30. The van der Waals surface area contributed by atoms with E-state index < -0.39 is 6.10 Å². The largest absolute Gasteiger partial charge is 0.481 e. The highest BCUT2D eigenvalue weighted by Gasteiger charge is 2.39. The van der Waals surface area contributed by atoms with E-state index in [1.54, 1.807) is 0 Å². The first-order chi connectivity index (χ1) is 11.0. The Balaban J connectivity index is 0.00000208. The number of carbonyl (C=O) groups excluding carboxylic acids is 1. The predicted molar refractivity (Wildman–Crippen MR) is 99.0 cm³/mol. The topological polar surface area (TPSA) is 41.6 Å². The lowest BCUT2D eigenvalue weighted by Gasteiger charge is -2.24. The van der Waals surface area contributed by atoms with Crippen molar-refractivity contribution in [2.24, 2.45) is 11.8 Å². The van der Waals surface area contributed by atoms with Gasteiger partial charge in [0.2, 0.25) is 0 Å². The maximum atomic E-state index is 12.7. The standard InChI is InChI=1S/C19H28N2O2.ClH/c1-12(2)17-6-5-13(3)7-18(17)23-14(4)19(22)21-10-15-8-20-9-16(15)11-21;/h5-7,12,14-16,20H,8-11H2,1-4H3;1H/t14?,15-,16+;. The summed E-state index contributed by atoms with van der Waals surface area (Å²) >= 11 is 0. The second-order valence-electron chi connectivity index (χ2n) is 7.38. The SMILES string of the molecule is Cc1ccc(C(C)C)c(OC(C)C(=O)N2C[C@H]3CNC[C@H]3C2)c1.Cl. The highest BCUT2D eigenvalue weighted by atomic mass is 35.5. The molecule has 2 fully saturated rings. The van der Waals surface area contributed by atoms with Gasteiger partial charge >= 0.3 is 0 Å². The van der Waals surface area contributed by atoms with Gasteiger partial charge in [-0.05, 0) is 48.8 Å². The molecule has 1 aromatic carbocycles. The van der Waals surface area contributed by atoms with Crippen molar-refractivity contribution >= 4 is 18.3 Å². The zero-order chi connectivity index (χ0) is 16.6. The molecule has 0 aliphatic carbocycles. The number of ether oxygens (including phenoxy) is 1. The summed E-state index contributed by atoms with van der Waals surface area (Å²) in [4.78, 5) is 14.7. The number of hydrogen-bond donors (Lipinski definition) is 1. The molecule has 0 saturated carbocycles. The Kier molecular flexibility index (Phi) is 6.16. The molecule has 24 heavy (non-hydrogen) atoms. The molecule has 0 bridgehead atoms. The minimum Gasteiger partial charge on any atom is -0.481 e. The number of nitrogens with zero attached hydrogens (tertiary/aromatic N) is 1. The van der Waals surface area contributed by atoms with Crippen LogP contribution in [0.15, 0.2) is 18.2 Å². The van der Waals surface area contributed by atoms with Gasteiger partial charge in [-0.1, -0.05) is 26.0 Å². The molecule has 0 spiro atoms. The molecular formula is C19H29ClN2O2. The average molecular weight is 353 g/mol. The van der Waals surface area contributed by atoms with Crippen LogP contribution >= 0.6 is 12.4 Å². The van der Waals surface area contributed by atoms with Gasteiger partial charge in [-0.25, -0.2) is 0 Å². The number of likely N-dealkylation sites (tertiary alicyclic amines) is 1. The number of aryl methyl sites for hydroxylation is 1. The maximum absolute atomic E-state index is 12.7. The molecule has 134 valence electrons. The van der Waals surface area contributed by atoms with Gasteiger partial charge in [0.15, 0.2) is 6.10 Å². The minimum absolute atomic E-state index is 0. The van der Waals surface area contributed by atoms with E-state index in [4.69, 9.17) is 4.74 Å². The molecule has 2 saturated heterocycles. The molecule has 0 aromatic heterocycles. The van der Waals surface area contributed by atoms with E-state index in [9.17, 15) is 4.79 Å². The van der Waals surface area contributed by atoms with Crippen LogP contribution in [0.25, 0.3) is 0 Å². The molecule has 0 radical (unpaired) electrons. The van der Waals surface area contributed by atoms with Crippen LogP contribution in [0.5, 0.6) is 5.75 Å². The lowest BCUT2D eigenvalue weighted by molar-refractivity contribution is -0.137. The van der Waals surface area contributed by atoms with Crippen LogP contribution in [0.1, 0.15) is 37.8 Å². The first-order valence-electron chi connectivity index (χ1n) is 8.72. The fourth-order valence-corrected chi connectivity index (χ4v) is 3.75. The quantitative estimate of drug-likeness (QED) is 0.905. The van der Waals surface area contributed by atoms with Crippen LogP contribution in [0.3, 0.4) is 0 Å². The average Bonchev–Trinajstić information content (AvgIpc) is 3.07. The van der Waals surface area contributed by atoms with Crippen molar-refractivity contribution in [3.05, 3.63) is 29.3 Å². The number of hydrogen-bond acceptors (Lipinski definition) is 3. The first kappa shape index (κ1) is 19.1. The van der Waals surface area contributed by atoms with Gasteiger partial charge in [0.1, 0.15) is 5.75 Å². The van der Waals surface area contributed by atoms with Gasteiger partial charge in [0.25, 0.3) is 5.91 Å². The summed E-state index contributed by atoms with van der Waals surface area (Å²) in [6.07, 6.45) is -0.430. The van der Waals surface area contributed by atoms with Gasteiger partial charge in [-0.3, -0.25) is 4.79 Å². The Hall–Kier alpha value is -1.26. The van der Waals surface area contributed by atoms with Gasteiger partial charge < -0.3 is 15.0 Å². The fraction of sp³-hybridized carbons (Fsp3) is 0.632. The molecule has 1 amide bonds. The summed E-state index contributed by atoms with van der Waals surface area (Å²) in [5.74, 6) is 2.59. The van der Waals surface area contributed by atoms with E-state index in [0.29, 0.717) is 17.8 Å². The van der Waals surface area contributed by atoms with Gasteiger partial charge in [0, 0.05) is 26.2 Å². The normalized spacial score (nSPS) is 23.8. The van der Waals surface area contributed by atoms with Crippen LogP contribution in [-0.4, -0.2) is 43.1 Å². The first-order valence-corrected chi connectivity index (χ1v) is 8.72. The monoisotopic (exact) mass is 352 g/mol. The highest BCUT2D eigenvalue weighted by molar-refractivity contribution is 5.85. The van der Waals surface area contributed by atoms with E-state index in [-0.39, 0.29) is 18.3 Å². The fourth-order valence-electron chi connectivity index (χ4n) is 3.75. The predicted octanol–water partition coefficient (Wildman–Crippen LogP) is 2.99. The van der Waals surface area contributed by atoms with Crippen LogP contribution < -0.4 is 10.1 Å². The van der Waals surface area contributed by atoms with Crippen LogP contribution in [0.4, 0.5) is 0 Å². The van der Waals surface area contributed by atoms with Crippen molar-refractivity contribution in [2.75, 3.05) is 26.2 Å². The van der Waals surface area contributed by atoms with E-state index in [0.717, 1.165) is 43.1 Å². The number of amides is 1. The Bertz CT molecular complexity index is 579. The molecule has 4 nitrogen and oxygen atoms in total. The van der Waals surface area contributed by atoms with Gasteiger partial charge in [0.05, 0.1) is 0 Å². The lowest BCUT2D eigenvalue weighted by atomic mass is 10.0.